The molecule has 0 amide bonds. The highest BCUT2D eigenvalue weighted by molar-refractivity contribution is 5.86. The Bertz CT molecular complexity index is 1770. The van der Waals surface area contributed by atoms with Crippen LogP contribution < -0.4 is 19.3 Å². The van der Waals surface area contributed by atoms with Gasteiger partial charge in [0.25, 0.3) is 0 Å². The molecule has 0 unspecified atom stereocenters. The van der Waals surface area contributed by atoms with Crippen LogP contribution in [-0.4, -0.2) is 0 Å². The first-order valence-electron chi connectivity index (χ1n) is 15.1. The van der Waals surface area contributed by atoms with Gasteiger partial charge in [0.15, 0.2) is 17.2 Å². The minimum absolute atomic E-state index is 0.865. The van der Waals surface area contributed by atoms with Gasteiger partial charge in [-0.3, -0.25) is 0 Å². The van der Waals surface area contributed by atoms with Crippen LogP contribution in [0.5, 0.6) is 17.2 Å². The van der Waals surface area contributed by atoms with Crippen molar-refractivity contribution in [3.05, 3.63) is 156 Å². The van der Waals surface area contributed by atoms with E-state index in [0.29, 0.717) is 0 Å². The minimum Gasteiger partial charge on any atom is -0.457 e. The molecule has 0 spiro atoms. The number of hydrogen-bond acceptors (Lipinski definition) is 4. The van der Waals surface area contributed by atoms with E-state index >= 15 is 0 Å². The molecule has 0 N–H and O–H groups in total. The molecule has 5 aromatic rings. The van der Waals surface area contributed by atoms with Crippen LogP contribution in [0.3, 0.4) is 0 Å². The van der Waals surface area contributed by atoms with Crippen molar-refractivity contribution < 1.29 is 9.47 Å². The van der Waals surface area contributed by atoms with Crippen molar-refractivity contribution >= 4 is 28.4 Å². The first kappa shape index (κ1) is 26.7. The summed E-state index contributed by atoms with van der Waals surface area (Å²) in [4.78, 5) is 4.59. The highest BCUT2D eigenvalue weighted by atomic mass is 16.5. The molecule has 212 valence electrons. The van der Waals surface area contributed by atoms with Crippen LogP contribution in [0.1, 0.15) is 37.8 Å². The standard InChI is InChI=1S/C37H28N2O2.C2H6/c1-5-13-34-30(9-1)38(31-10-2-6-14-35(31)40-34)28-21-17-26(18-22-28)25-27-19-23-29(24-20-27)39-32-11-3-7-15-36(32)41-37-16-8-4-12-33(37)39;1-2/h1-7,9-15,17-24H,8,16,25H2;1-2H3. The lowest BCUT2D eigenvalue weighted by Gasteiger charge is -2.35. The van der Waals surface area contributed by atoms with Crippen LogP contribution in [0.15, 0.2) is 145 Å². The molecule has 4 nitrogen and oxygen atoms in total. The van der Waals surface area contributed by atoms with Crippen LogP contribution >= 0.6 is 0 Å². The molecule has 0 fully saturated rings. The second-order valence-electron chi connectivity index (χ2n) is 10.5. The number of nitrogens with zero attached hydrogens (tertiary/aromatic N) is 2. The van der Waals surface area contributed by atoms with Crippen molar-refractivity contribution in [2.24, 2.45) is 0 Å². The summed E-state index contributed by atoms with van der Waals surface area (Å²) >= 11 is 0. The summed E-state index contributed by atoms with van der Waals surface area (Å²) in [5, 5.41) is 0. The fourth-order valence-electron chi connectivity index (χ4n) is 5.95. The van der Waals surface area contributed by atoms with Gasteiger partial charge in [-0.05, 0) is 90.7 Å². The summed E-state index contributed by atoms with van der Waals surface area (Å²) in [6.07, 6.45) is 7.22. The zero-order valence-corrected chi connectivity index (χ0v) is 24.5. The smallest absolute Gasteiger partial charge is 0.151 e. The molecule has 0 saturated heterocycles. The largest absolute Gasteiger partial charge is 0.457 e. The lowest BCUT2D eigenvalue weighted by atomic mass is 10.0. The van der Waals surface area contributed by atoms with Gasteiger partial charge in [-0.1, -0.05) is 80.6 Å². The van der Waals surface area contributed by atoms with E-state index in [-0.39, 0.29) is 0 Å². The molecule has 0 saturated carbocycles. The average Bonchev–Trinajstić information content (AvgIpc) is 3.08. The second-order valence-corrected chi connectivity index (χ2v) is 10.5. The Kier molecular flexibility index (Phi) is 7.18. The number of fused-ring (bicyclic) bond motifs is 3. The van der Waals surface area contributed by atoms with Crippen molar-refractivity contribution in [2.45, 2.75) is 33.1 Å². The van der Waals surface area contributed by atoms with Gasteiger partial charge in [-0.25, -0.2) is 0 Å². The van der Waals surface area contributed by atoms with Crippen LogP contribution in [0, 0.1) is 0 Å². The van der Waals surface area contributed by atoms with E-state index in [1.165, 1.54) is 11.1 Å². The molecule has 0 bridgehead atoms. The minimum atomic E-state index is 0.865. The highest BCUT2D eigenvalue weighted by Crippen LogP contribution is 2.50. The number of anilines is 5. The molecule has 4 heteroatoms. The summed E-state index contributed by atoms with van der Waals surface area (Å²) in [5.41, 5.74) is 9.10. The van der Waals surface area contributed by atoms with E-state index in [2.05, 4.69) is 113 Å². The van der Waals surface area contributed by atoms with Gasteiger partial charge in [0.05, 0.1) is 22.8 Å². The van der Waals surface area contributed by atoms with Crippen LogP contribution in [0.25, 0.3) is 0 Å². The number of ether oxygens (including phenoxy) is 2. The van der Waals surface area contributed by atoms with Crippen LogP contribution in [0.4, 0.5) is 28.4 Å². The molecule has 0 radical (unpaired) electrons. The Hall–Kier alpha value is -5.22. The predicted octanol–water partition coefficient (Wildman–Crippen LogP) is 11.0. The number of para-hydroxylation sites is 6. The van der Waals surface area contributed by atoms with Crippen molar-refractivity contribution in [3.63, 3.8) is 0 Å². The van der Waals surface area contributed by atoms with E-state index in [1.54, 1.807) is 0 Å². The fourth-order valence-corrected chi connectivity index (χ4v) is 5.95. The summed E-state index contributed by atoms with van der Waals surface area (Å²) in [6, 6.07) is 42.5. The average molecular weight is 563 g/mol. The first-order chi connectivity index (χ1) is 21.3. The third-order valence-electron chi connectivity index (χ3n) is 7.91. The monoisotopic (exact) mass is 562 g/mol. The summed E-state index contributed by atoms with van der Waals surface area (Å²) in [6.45, 7) is 4.00. The summed E-state index contributed by atoms with van der Waals surface area (Å²) < 4.78 is 12.4. The number of benzene rings is 5. The molecule has 3 aliphatic rings. The van der Waals surface area contributed by atoms with E-state index in [4.69, 9.17) is 9.47 Å². The number of rotatable bonds is 4. The molecular weight excluding hydrogens is 528 g/mol. The van der Waals surface area contributed by atoms with Crippen molar-refractivity contribution in [2.75, 3.05) is 9.80 Å². The van der Waals surface area contributed by atoms with Crippen molar-refractivity contribution in [1.82, 2.24) is 0 Å². The first-order valence-corrected chi connectivity index (χ1v) is 15.1. The highest BCUT2D eigenvalue weighted by Gasteiger charge is 2.28. The van der Waals surface area contributed by atoms with Gasteiger partial charge in [0.2, 0.25) is 0 Å². The molecule has 0 aromatic heterocycles. The van der Waals surface area contributed by atoms with Gasteiger partial charge in [0, 0.05) is 17.8 Å². The maximum Gasteiger partial charge on any atom is 0.151 e. The lowest BCUT2D eigenvalue weighted by molar-refractivity contribution is 0.388. The van der Waals surface area contributed by atoms with Crippen molar-refractivity contribution in [3.8, 4) is 17.2 Å². The van der Waals surface area contributed by atoms with Crippen LogP contribution in [0.2, 0.25) is 0 Å². The zero-order valence-electron chi connectivity index (χ0n) is 24.5. The van der Waals surface area contributed by atoms with Crippen LogP contribution in [-0.2, 0) is 6.42 Å². The summed E-state index contributed by atoms with van der Waals surface area (Å²) in [5.74, 6) is 3.69. The molecule has 2 aliphatic heterocycles. The third kappa shape index (κ3) is 4.95. The SMILES string of the molecule is C1=CC2=C(CC1)Oc1ccccc1N2c1ccc(Cc2ccc(N3c4ccccc4Oc4ccccc43)cc2)cc1.CC. The van der Waals surface area contributed by atoms with Gasteiger partial charge < -0.3 is 19.3 Å². The number of allylic oxidation sites excluding steroid dienone is 3. The Balaban J connectivity index is 0.00000147. The van der Waals surface area contributed by atoms with Crippen molar-refractivity contribution in [1.29, 1.82) is 0 Å². The Labute approximate surface area is 253 Å². The maximum absolute atomic E-state index is 6.26. The van der Waals surface area contributed by atoms with E-state index in [1.807, 2.05) is 44.2 Å². The Morgan fingerprint density at radius 3 is 1.56 bits per heavy atom. The molecule has 2 heterocycles. The Morgan fingerprint density at radius 2 is 1.00 bits per heavy atom. The van der Waals surface area contributed by atoms with Gasteiger partial charge in [-0.15, -0.1) is 0 Å². The van der Waals surface area contributed by atoms with Gasteiger partial charge in [0.1, 0.15) is 5.76 Å². The van der Waals surface area contributed by atoms with Gasteiger partial charge in [-0.2, -0.15) is 0 Å². The van der Waals surface area contributed by atoms with E-state index < -0.39 is 0 Å². The molecular formula is C39H34N2O2. The lowest BCUT2D eigenvalue weighted by Crippen LogP contribution is -2.24. The molecule has 0 atom stereocenters. The maximum atomic E-state index is 6.26. The normalized spacial score (nSPS) is 14.3. The number of hydrogen-bond donors (Lipinski definition) is 0. The van der Waals surface area contributed by atoms with E-state index in [9.17, 15) is 0 Å². The molecule has 8 rings (SSSR count). The molecule has 43 heavy (non-hydrogen) atoms. The second kappa shape index (κ2) is 11.6. The van der Waals surface area contributed by atoms with Gasteiger partial charge >= 0.3 is 0 Å². The molecule has 1 aliphatic carbocycles. The fraction of sp³-hybridized carbons (Fsp3) is 0.128. The topological polar surface area (TPSA) is 24.9 Å². The quantitative estimate of drug-likeness (QED) is 0.213. The Morgan fingerprint density at radius 1 is 0.535 bits per heavy atom. The predicted molar refractivity (Wildman–Crippen MR) is 176 cm³/mol. The summed E-state index contributed by atoms with van der Waals surface area (Å²) in [7, 11) is 0. The zero-order chi connectivity index (χ0) is 29.2. The van der Waals surface area contributed by atoms with E-state index in [0.717, 1.165) is 76.4 Å². The molecule has 5 aromatic carbocycles. The third-order valence-corrected chi connectivity index (χ3v) is 7.91.